The van der Waals surface area contributed by atoms with Gasteiger partial charge in [0.15, 0.2) is 0 Å². The Morgan fingerprint density at radius 3 is 2.14 bits per heavy atom. The molecular weight excluding hydrogens is 366 g/mol. The zero-order chi connectivity index (χ0) is 21.0. The second-order valence-electron chi connectivity index (χ2n) is 7.92. The minimum Gasteiger partial charge on any atom is -0.494 e. The molecular formula is C23H32N3O3+. The smallest absolute Gasteiger partial charge is 0.305 e. The second kappa shape index (κ2) is 12.0. The summed E-state index contributed by atoms with van der Waals surface area (Å²) in [6.45, 7) is 1.93. The number of ether oxygens (including phenoxy) is 2. The SMILES string of the molecule is C[N+](C)(C)CCOC(=O)CCCCCOc1ccc(N=Nc2ccccc2)cc1. The van der Waals surface area contributed by atoms with E-state index in [1.54, 1.807) is 0 Å². The summed E-state index contributed by atoms with van der Waals surface area (Å²) in [6.07, 6.45) is 3.14. The lowest BCUT2D eigenvalue weighted by molar-refractivity contribution is -0.870. The molecule has 29 heavy (non-hydrogen) atoms. The summed E-state index contributed by atoms with van der Waals surface area (Å²) in [6, 6.07) is 17.2. The van der Waals surface area contributed by atoms with Gasteiger partial charge in [-0.3, -0.25) is 4.79 Å². The predicted octanol–water partition coefficient (Wildman–Crippen LogP) is 5.29. The van der Waals surface area contributed by atoms with E-state index < -0.39 is 0 Å². The maximum Gasteiger partial charge on any atom is 0.305 e. The zero-order valence-electron chi connectivity index (χ0n) is 17.7. The van der Waals surface area contributed by atoms with Gasteiger partial charge in [0.25, 0.3) is 0 Å². The largest absolute Gasteiger partial charge is 0.494 e. The molecule has 0 aliphatic heterocycles. The van der Waals surface area contributed by atoms with Crippen molar-refractivity contribution < 1.29 is 18.8 Å². The number of unbranched alkanes of at least 4 members (excludes halogenated alkanes) is 2. The second-order valence-corrected chi connectivity index (χ2v) is 7.92. The van der Waals surface area contributed by atoms with Gasteiger partial charge in [-0.15, -0.1) is 0 Å². The Kier molecular flexibility index (Phi) is 9.31. The summed E-state index contributed by atoms with van der Waals surface area (Å²) in [5.41, 5.74) is 1.61. The van der Waals surface area contributed by atoms with E-state index >= 15 is 0 Å². The van der Waals surface area contributed by atoms with Crippen molar-refractivity contribution in [1.82, 2.24) is 0 Å². The molecule has 0 heterocycles. The quantitative estimate of drug-likeness (QED) is 0.211. The molecule has 2 rings (SSSR count). The third-order valence-corrected chi connectivity index (χ3v) is 4.19. The van der Waals surface area contributed by atoms with E-state index in [-0.39, 0.29) is 5.97 Å². The number of benzene rings is 2. The molecule has 0 aliphatic carbocycles. The monoisotopic (exact) mass is 398 g/mol. The van der Waals surface area contributed by atoms with Gasteiger partial charge in [0.1, 0.15) is 18.9 Å². The fraction of sp³-hybridized carbons (Fsp3) is 0.435. The zero-order valence-corrected chi connectivity index (χ0v) is 17.7. The highest BCUT2D eigenvalue weighted by Crippen LogP contribution is 2.21. The van der Waals surface area contributed by atoms with Crippen LogP contribution in [0.25, 0.3) is 0 Å². The number of likely N-dealkylation sites (N-methyl/N-ethyl adjacent to an activating group) is 1. The van der Waals surface area contributed by atoms with Gasteiger partial charge in [0, 0.05) is 6.42 Å². The highest BCUT2D eigenvalue weighted by atomic mass is 16.5. The number of rotatable bonds is 12. The summed E-state index contributed by atoms with van der Waals surface area (Å²) >= 11 is 0. The van der Waals surface area contributed by atoms with Crippen molar-refractivity contribution in [3.05, 3.63) is 54.6 Å². The molecule has 0 N–H and O–H groups in total. The van der Waals surface area contributed by atoms with Crippen LogP contribution in [0, 0.1) is 0 Å². The first kappa shape index (κ1) is 22.6. The molecule has 0 amide bonds. The number of azo groups is 1. The fourth-order valence-electron chi connectivity index (χ4n) is 2.46. The molecule has 2 aromatic rings. The Morgan fingerprint density at radius 2 is 1.48 bits per heavy atom. The van der Waals surface area contributed by atoms with Crippen LogP contribution >= 0.6 is 0 Å². The van der Waals surface area contributed by atoms with Crippen molar-refractivity contribution >= 4 is 17.3 Å². The van der Waals surface area contributed by atoms with Crippen LogP contribution in [-0.4, -0.2) is 51.4 Å². The number of hydrogen-bond acceptors (Lipinski definition) is 5. The molecule has 0 bridgehead atoms. The van der Waals surface area contributed by atoms with Gasteiger partial charge in [0.2, 0.25) is 0 Å². The summed E-state index contributed by atoms with van der Waals surface area (Å²) in [5.74, 6) is 0.697. The van der Waals surface area contributed by atoms with E-state index in [4.69, 9.17) is 9.47 Å². The molecule has 156 valence electrons. The molecule has 0 unspecified atom stereocenters. The van der Waals surface area contributed by atoms with Crippen molar-refractivity contribution in [2.45, 2.75) is 25.7 Å². The number of quaternary nitrogens is 1. The maximum atomic E-state index is 11.7. The summed E-state index contributed by atoms with van der Waals surface area (Å²) in [4.78, 5) is 11.7. The van der Waals surface area contributed by atoms with Gasteiger partial charge in [-0.2, -0.15) is 10.2 Å². The molecule has 0 spiro atoms. The van der Waals surface area contributed by atoms with Gasteiger partial charge >= 0.3 is 5.97 Å². The highest BCUT2D eigenvalue weighted by Gasteiger charge is 2.09. The lowest BCUT2D eigenvalue weighted by Crippen LogP contribution is -2.37. The molecule has 0 saturated heterocycles. The first-order valence-electron chi connectivity index (χ1n) is 10.1. The third kappa shape index (κ3) is 10.4. The van der Waals surface area contributed by atoms with E-state index in [2.05, 4.69) is 31.4 Å². The topological polar surface area (TPSA) is 60.2 Å². The fourth-order valence-corrected chi connectivity index (χ4v) is 2.46. The molecule has 0 aromatic heterocycles. The van der Waals surface area contributed by atoms with Crippen LogP contribution < -0.4 is 4.74 Å². The van der Waals surface area contributed by atoms with Gasteiger partial charge in [0.05, 0.1) is 39.1 Å². The first-order chi connectivity index (χ1) is 13.9. The molecule has 0 fully saturated rings. The first-order valence-corrected chi connectivity index (χ1v) is 10.1. The summed E-state index contributed by atoms with van der Waals surface area (Å²) in [5, 5.41) is 8.41. The number of carbonyl (C=O) groups excluding carboxylic acids is 1. The van der Waals surface area contributed by atoms with E-state index in [9.17, 15) is 4.79 Å². The number of nitrogens with zero attached hydrogens (tertiary/aromatic N) is 3. The van der Waals surface area contributed by atoms with Gasteiger partial charge < -0.3 is 14.0 Å². The summed E-state index contributed by atoms with van der Waals surface area (Å²) in [7, 11) is 6.24. The summed E-state index contributed by atoms with van der Waals surface area (Å²) < 4.78 is 11.8. The van der Waals surface area contributed by atoms with Crippen LogP contribution in [0.2, 0.25) is 0 Å². The predicted molar refractivity (Wildman–Crippen MR) is 115 cm³/mol. The van der Waals surface area contributed by atoms with Gasteiger partial charge in [-0.1, -0.05) is 18.2 Å². The standard InChI is InChI=1S/C23H32N3O3/c1-26(2,3)17-19-29-23(27)12-8-5-9-18-28-22-15-13-21(14-16-22)25-24-20-10-6-4-7-11-20/h4,6-7,10-11,13-16H,5,8-9,12,17-19H2,1-3H3/q+1. The van der Waals surface area contributed by atoms with Crippen LogP contribution in [0.5, 0.6) is 5.75 Å². The minimum atomic E-state index is -0.111. The number of esters is 1. The lowest BCUT2D eigenvalue weighted by Gasteiger charge is -2.23. The lowest BCUT2D eigenvalue weighted by atomic mass is 10.2. The van der Waals surface area contributed by atoms with Crippen LogP contribution in [0.3, 0.4) is 0 Å². The van der Waals surface area contributed by atoms with Crippen LogP contribution in [0.1, 0.15) is 25.7 Å². The maximum absolute atomic E-state index is 11.7. The number of carbonyl (C=O) groups is 1. The van der Waals surface area contributed by atoms with E-state index in [1.807, 2.05) is 54.6 Å². The van der Waals surface area contributed by atoms with Crippen LogP contribution in [0.4, 0.5) is 11.4 Å². The average molecular weight is 399 g/mol. The Labute approximate surface area is 173 Å². The van der Waals surface area contributed by atoms with Gasteiger partial charge in [-0.25, -0.2) is 0 Å². The molecule has 0 radical (unpaired) electrons. The van der Waals surface area contributed by atoms with E-state index in [1.165, 1.54) is 0 Å². The Morgan fingerprint density at radius 1 is 0.828 bits per heavy atom. The van der Waals surface area contributed by atoms with Crippen molar-refractivity contribution in [1.29, 1.82) is 0 Å². The van der Waals surface area contributed by atoms with Crippen molar-refractivity contribution in [2.75, 3.05) is 40.9 Å². The van der Waals surface area contributed by atoms with Crippen molar-refractivity contribution in [3.8, 4) is 5.75 Å². The van der Waals surface area contributed by atoms with E-state index in [0.717, 1.165) is 47.4 Å². The molecule has 0 atom stereocenters. The van der Waals surface area contributed by atoms with Crippen molar-refractivity contribution in [2.24, 2.45) is 10.2 Å². The molecule has 2 aromatic carbocycles. The average Bonchev–Trinajstić information content (AvgIpc) is 2.70. The van der Waals surface area contributed by atoms with E-state index in [0.29, 0.717) is 19.6 Å². The number of hydrogen-bond donors (Lipinski definition) is 0. The van der Waals surface area contributed by atoms with Crippen molar-refractivity contribution in [3.63, 3.8) is 0 Å². The molecule has 6 heteroatoms. The Bertz CT molecular complexity index is 753. The normalized spacial score (nSPS) is 11.6. The third-order valence-electron chi connectivity index (χ3n) is 4.19. The minimum absolute atomic E-state index is 0.111. The highest BCUT2D eigenvalue weighted by molar-refractivity contribution is 5.69. The van der Waals surface area contributed by atoms with Crippen LogP contribution in [0.15, 0.2) is 64.8 Å². The van der Waals surface area contributed by atoms with Crippen LogP contribution in [-0.2, 0) is 9.53 Å². The molecule has 0 saturated carbocycles. The van der Waals surface area contributed by atoms with Gasteiger partial charge in [-0.05, 0) is 55.7 Å². The Balaban J connectivity index is 1.56. The Hall–Kier alpha value is -2.73. The molecule has 6 nitrogen and oxygen atoms in total. The molecule has 0 aliphatic rings.